The predicted octanol–water partition coefficient (Wildman–Crippen LogP) is 1.60. The highest BCUT2D eigenvalue weighted by molar-refractivity contribution is 5.16. The number of fused-ring (bicyclic) bond motifs is 1. The predicted molar refractivity (Wildman–Crippen MR) is 81.2 cm³/mol. The monoisotopic (exact) mass is 274 g/mol. The molecule has 3 rings (SSSR count). The van der Waals surface area contributed by atoms with E-state index >= 15 is 0 Å². The Morgan fingerprint density at radius 1 is 1.35 bits per heavy atom. The number of nitrogens with two attached hydrogens (primary N) is 1. The van der Waals surface area contributed by atoms with Gasteiger partial charge in [0.1, 0.15) is 0 Å². The molecule has 4 nitrogen and oxygen atoms in total. The lowest BCUT2D eigenvalue weighted by Gasteiger charge is -2.47. The third-order valence-electron chi connectivity index (χ3n) is 4.79. The van der Waals surface area contributed by atoms with E-state index in [0.29, 0.717) is 12.6 Å². The van der Waals surface area contributed by atoms with E-state index in [2.05, 4.69) is 33.8 Å². The van der Waals surface area contributed by atoms with Crippen molar-refractivity contribution in [3.8, 4) is 0 Å². The van der Waals surface area contributed by atoms with Gasteiger partial charge in [-0.2, -0.15) is 0 Å². The summed E-state index contributed by atoms with van der Waals surface area (Å²) in [6, 6.07) is 5.69. The molecule has 2 fully saturated rings. The van der Waals surface area contributed by atoms with E-state index in [1.807, 2.05) is 6.20 Å². The van der Waals surface area contributed by atoms with Gasteiger partial charge in [0.2, 0.25) is 0 Å². The second-order valence-electron chi connectivity index (χ2n) is 6.28. The molecule has 0 saturated carbocycles. The zero-order valence-corrected chi connectivity index (χ0v) is 12.5. The number of piperazine rings is 1. The summed E-state index contributed by atoms with van der Waals surface area (Å²) in [5, 5.41) is 0. The number of hydrogen-bond acceptors (Lipinski definition) is 4. The Hall–Kier alpha value is -0.970. The molecule has 0 aliphatic carbocycles. The van der Waals surface area contributed by atoms with Gasteiger partial charge >= 0.3 is 0 Å². The number of pyridine rings is 1. The number of piperidine rings is 1. The van der Waals surface area contributed by atoms with Crippen LogP contribution in [0.3, 0.4) is 0 Å². The molecule has 0 radical (unpaired) electrons. The van der Waals surface area contributed by atoms with Crippen LogP contribution in [0.2, 0.25) is 0 Å². The number of nitrogens with zero attached hydrogens (tertiary/aromatic N) is 3. The third-order valence-corrected chi connectivity index (χ3v) is 4.79. The van der Waals surface area contributed by atoms with E-state index in [4.69, 9.17) is 5.73 Å². The molecular weight excluding hydrogens is 248 g/mol. The number of aromatic nitrogens is 1. The molecule has 2 saturated heterocycles. The molecule has 0 amide bonds. The van der Waals surface area contributed by atoms with Gasteiger partial charge in [0.05, 0.1) is 5.69 Å². The van der Waals surface area contributed by atoms with Crippen LogP contribution in [0.15, 0.2) is 18.3 Å². The molecule has 110 valence electrons. The maximum atomic E-state index is 5.68. The molecular formula is C16H26N4. The first-order valence-electron chi connectivity index (χ1n) is 7.88. The molecule has 2 atom stereocenters. The van der Waals surface area contributed by atoms with E-state index in [-0.39, 0.29) is 0 Å². The molecule has 20 heavy (non-hydrogen) atoms. The van der Waals surface area contributed by atoms with Crippen LogP contribution in [0.4, 0.5) is 0 Å². The molecule has 3 heterocycles. The van der Waals surface area contributed by atoms with Crippen molar-refractivity contribution in [2.24, 2.45) is 5.73 Å². The quantitative estimate of drug-likeness (QED) is 0.909. The van der Waals surface area contributed by atoms with Crippen molar-refractivity contribution in [2.45, 2.75) is 51.4 Å². The standard InChI is InChI=1S/C16H26N4/c1-13-10-19-7-3-2-4-16(19)12-20(13)11-14-5-6-18-15(8-14)9-17/h5-6,8,13,16H,2-4,7,9-12,17H2,1H3. The van der Waals surface area contributed by atoms with E-state index in [9.17, 15) is 0 Å². The van der Waals surface area contributed by atoms with Gasteiger partial charge in [-0.1, -0.05) is 6.42 Å². The molecule has 0 spiro atoms. The first kappa shape index (κ1) is 14.0. The van der Waals surface area contributed by atoms with Crippen molar-refractivity contribution >= 4 is 0 Å². The van der Waals surface area contributed by atoms with Crippen molar-refractivity contribution in [3.63, 3.8) is 0 Å². The summed E-state index contributed by atoms with van der Waals surface area (Å²) >= 11 is 0. The Kier molecular flexibility index (Phi) is 4.34. The number of hydrogen-bond donors (Lipinski definition) is 1. The second-order valence-corrected chi connectivity index (χ2v) is 6.28. The average molecular weight is 274 g/mol. The van der Waals surface area contributed by atoms with Gasteiger partial charge in [-0.15, -0.1) is 0 Å². The number of rotatable bonds is 3. The zero-order valence-electron chi connectivity index (χ0n) is 12.5. The van der Waals surface area contributed by atoms with Crippen molar-refractivity contribution < 1.29 is 0 Å². The van der Waals surface area contributed by atoms with Gasteiger partial charge in [-0.05, 0) is 44.0 Å². The minimum Gasteiger partial charge on any atom is -0.325 e. The van der Waals surface area contributed by atoms with Crippen molar-refractivity contribution in [2.75, 3.05) is 19.6 Å². The SMILES string of the molecule is CC1CN2CCCCC2CN1Cc1ccnc(CN)c1. The first-order chi connectivity index (χ1) is 9.76. The largest absolute Gasteiger partial charge is 0.325 e. The summed E-state index contributed by atoms with van der Waals surface area (Å²) in [6.07, 6.45) is 6.04. The van der Waals surface area contributed by atoms with Crippen LogP contribution in [0, 0.1) is 0 Å². The van der Waals surface area contributed by atoms with Crippen LogP contribution in [-0.2, 0) is 13.1 Å². The van der Waals surface area contributed by atoms with Crippen LogP contribution < -0.4 is 5.73 Å². The normalized spacial score (nSPS) is 28.3. The Labute approximate surface area is 122 Å². The lowest BCUT2D eigenvalue weighted by atomic mass is 9.97. The highest BCUT2D eigenvalue weighted by Crippen LogP contribution is 2.25. The molecule has 2 unspecified atom stereocenters. The van der Waals surface area contributed by atoms with Gasteiger partial charge < -0.3 is 5.73 Å². The van der Waals surface area contributed by atoms with Gasteiger partial charge in [0.25, 0.3) is 0 Å². The average Bonchev–Trinajstić information content (AvgIpc) is 2.48. The molecule has 1 aromatic rings. The summed E-state index contributed by atoms with van der Waals surface area (Å²) in [5.41, 5.74) is 8.02. The Bertz CT molecular complexity index is 448. The zero-order chi connectivity index (χ0) is 13.9. The van der Waals surface area contributed by atoms with Crippen LogP contribution >= 0.6 is 0 Å². The maximum absolute atomic E-state index is 5.68. The van der Waals surface area contributed by atoms with E-state index in [1.165, 1.54) is 44.5 Å². The van der Waals surface area contributed by atoms with Gasteiger partial charge in [0.15, 0.2) is 0 Å². The fraction of sp³-hybridized carbons (Fsp3) is 0.688. The summed E-state index contributed by atoms with van der Waals surface area (Å²) in [6.45, 7) is 7.65. The van der Waals surface area contributed by atoms with Gasteiger partial charge in [-0.25, -0.2) is 0 Å². The molecule has 2 aliphatic heterocycles. The summed E-state index contributed by atoms with van der Waals surface area (Å²) in [5.74, 6) is 0. The molecule has 1 aromatic heterocycles. The minimum atomic E-state index is 0.528. The highest BCUT2D eigenvalue weighted by Gasteiger charge is 2.32. The Morgan fingerprint density at radius 3 is 3.10 bits per heavy atom. The summed E-state index contributed by atoms with van der Waals surface area (Å²) in [4.78, 5) is 9.61. The van der Waals surface area contributed by atoms with Gasteiger partial charge in [0, 0.05) is 44.5 Å². The highest BCUT2D eigenvalue weighted by atomic mass is 15.3. The van der Waals surface area contributed by atoms with Crippen molar-refractivity contribution in [3.05, 3.63) is 29.6 Å². The van der Waals surface area contributed by atoms with Crippen LogP contribution in [0.1, 0.15) is 37.4 Å². The molecule has 2 N–H and O–H groups in total. The first-order valence-corrected chi connectivity index (χ1v) is 7.88. The van der Waals surface area contributed by atoms with E-state index in [1.54, 1.807) is 0 Å². The minimum absolute atomic E-state index is 0.528. The Balaban J connectivity index is 1.67. The lowest BCUT2D eigenvalue weighted by molar-refractivity contribution is 0.0111. The van der Waals surface area contributed by atoms with Crippen LogP contribution in [-0.4, -0.2) is 46.5 Å². The van der Waals surface area contributed by atoms with E-state index < -0.39 is 0 Å². The molecule has 0 bridgehead atoms. The summed E-state index contributed by atoms with van der Waals surface area (Å²) < 4.78 is 0. The van der Waals surface area contributed by atoms with Crippen LogP contribution in [0.25, 0.3) is 0 Å². The fourth-order valence-electron chi connectivity index (χ4n) is 3.61. The third kappa shape index (κ3) is 3.03. The van der Waals surface area contributed by atoms with Crippen molar-refractivity contribution in [1.82, 2.24) is 14.8 Å². The van der Waals surface area contributed by atoms with Crippen LogP contribution in [0.5, 0.6) is 0 Å². The molecule has 0 aromatic carbocycles. The fourth-order valence-corrected chi connectivity index (χ4v) is 3.61. The maximum Gasteiger partial charge on any atom is 0.0542 e. The lowest BCUT2D eigenvalue weighted by Crippen LogP contribution is -2.58. The second kappa shape index (κ2) is 6.20. The van der Waals surface area contributed by atoms with Crippen molar-refractivity contribution in [1.29, 1.82) is 0 Å². The smallest absolute Gasteiger partial charge is 0.0542 e. The Morgan fingerprint density at radius 2 is 2.25 bits per heavy atom. The molecule has 4 heteroatoms. The van der Waals surface area contributed by atoms with Gasteiger partial charge in [-0.3, -0.25) is 14.8 Å². The summed E-state index contributed by atoms with van der Waals surface area (Å²) in [7, 11) is 0. The van der Waals surface area contributed by atoms with E-state index in [0.717, 1.165) is 18.3 Å². The molecule has 2 aliphatic rings. The topological polar surface area (TPSA) is 45.4 Å².